The minimum atomic E-state index is -0.396. The van der Waals surface area contributed by atoms with Gasteiger partial charge in [0.05, 0.1) is 7.11 Å². The number of ether oxygens (including phenoxy) is 1. The molecule has 2 aromatic rings. The Kier molecular flexibility index (Phi) is 3.52. The molecular formula is C19H19FN2O2. The summed E-state index contributed by atoms with van der Waals surface area (Å²) in [6.45, 7) is 1.60. The lowest BCUT2D eigenvalue weighted by atomic mass is 9.88. The van der Waals surface area contributed by atoms with Gasteiger partial charge in [0.15, 0.2) is 17.3 Å². The van der Waals surface area contributed by atoms with Gasteiger partial charge in [-0.25, -0.2) is 9.37 Å². The van der Waals surface area contributed by atoms with E-state index >= 15 is 0 Å². The van der Waals surface area contributed by atoms with Gasteiger partial charge in [-0.1, -0.05) is 0 Å². The van der Waals surface area contributed by atoms with Gasteiger partial charge in [-0.15, -0.1) is 0 Å². The summed E-state index contributed by atoms with van der Waals surface area (Å²) in [5, 5.41) is 3.29. The van der Waals surface area contributed by atoms with Crippen LogP contribution in [-0.4, -0.2) is 17.9 Å². The van der Waals surface area contributed by atoms with Crippen molar-refractivity contribution in [3.05, 3.63) is 46.9 Å². The number of fused-ring (bicyclic) bond motifs is 5. The van der Waals surface area contributed by atoms with Crippen molar-refractivity contribution in [2.75, 3.05) is 12.4 Å². The minimum absolute atomic E-state index is 0.0706. The molecule has 2 aliphatic carbocycles. The average Bonchev–Trinajstić information content (AvgIpc) is 3.19. The molecule has 2 aliphatic rings. The zero-order chi connectivity index (χ0) is 16.8. The van der Waals surface area contributed by atoms with Crippen molar-refractivity contribution in [2.24, 2.45) is 0 Å². The van der Waals surface area contributed by atoms with Gasteiger partial charge < -0.3 is 10.1 Å². The minimum Gasteiger partial charge on any atom is -0.494 e. The van der Waals surface area contributed by atoms with Crippen LogP contribution in [0.15, 0.2) is 24.4 Å². The third-order valence-electron chi connectivity index (χ3n) is 5.20. The van der Waals surface area contributed by atoms with Crippen molar-refractivity contribution >= 4 is 17.3 Å². The van der Waals surface area contributed by atoms with Gasteiger partial charge in [0.1, 0.15) is 5.82 Å². The number of halogens is 1. The molecule has 2 bridgehead atoms. The van der Waals surface area contributed by atoms with Crippen LogP contribution in [0.25, 0.3) is 0 Å². The van der Waals surface area contributed by atoms with Crippen LogP contribution in [0, 0.1) is 5.82 Å². The molecule has 5 heteroatoms. The number of nitrogens with one attached hydrogen (secondary N) is 1. The third kappa shape index (κ3) is 2.27. The zero-order valence-corrected chi connectivity index (χ0v) is 13.7. The van der Waals surface area contributed by atoms with Gasteiger partial charge in [-0.2, -0.15) is 0 Å². The third-order valence-corrected chi connectivity index (χ3v) is 5.20. The Morgan fingerprint density at radius 2 is 2.04 bits per heavy atom. The smallest absolute Gasteiger partial charge is 0.165 e. The van der Waals surface area contributed by atoms with Gasteiger partial charge >= 0.3 is 0 Å². The Morgan fingerprint density at radius 3 is 2.75 bits per heavy atom. The van der Waals surface area contributed by atoms with Gasteiger partial charge in [-0.3, -0.25) is 4.79 Å². The Balaban J connectivity index is 1.76. The number of aromatic nitrogens is 1. The van der Waals surface area contributed by atoms with Gasteiger partial charge in [0.2, 0.25) is 0 Å². The van der Waals surface area contributed by atoms with E-state index in [-0.39, 0.29) is 11.5 Å². The molecule has 1 fully saturated rings. The van der Waals surface area contributed by atoms with Crippen molar-refractivity contribution < 1.29 is 13.9 Å². The molecule has 4 rings (SSSR count). The van der Waals surface area contributed by atoms with Crippen LogP contribution in [0.2, 0.25) is 0 Å². The summed E-state index contributed by atoms with van der Waals surface area (Å²) in [4.78, 5) is 16.5. The number of rotatable bonds is 4. The topological polar surface area (TPSA) is 51.2 Å². The number of carbonyl (C=O) groups is 1. The van der Waals surface area contributed by atoms with Crippen LogP contribution in [-0.2, 0) is 0 Å². The fourth-order valence-corrected chi connectivity index (χ4v) is 4.15. The molecule has 2 atom stereocenters. The number of benzene rings is 1. The normalized spacial score (nSPS) is 20.8. The molecule has 4 nitrogen and oxygen atoms in total. The highest BCUT2D eigenvalue weighted by Gasteiger charge is 2.41. The molecule has 1 aromatic heterocycles. The molecule has 124 valence electrons. The molecule has 0 saturated heterocycles. The Bertz CT molecular complexity index is 834. The number of pyridine rings is 1. The molecule has 1 aromatic carbocycles. The van der Waals surface area contributed by atoms with Crippen LogP contribution in [0.3, 0.4) is 0 Å². The average molecular weight is 326 g/mol. The van der Waals surface area contributed by atoms with Gasteiger partial charge in [0.25, 0.3) is 0 Å². The molecule has 2 unspecified atom stereocenters. The molecular weight excluding hydrogens is 307 g/mol. The zero-order valence-electron chi connectivity index (χ0n) is 13.7. The Hall–Kier alpha value is -2.43. The van der Waals surface area contributed by atoms with E-state index in [0.29, 0.717) is 11.8 Å². The molecule has 1 saturated carbocycles. The van der Waals surface area contributed by atoms with Crippen molar-refractivity contribution in [1.29, 1.82) is 0 Å². The van der Waals surface area contributed by atoms with E-state index in [2.05, 4.69) is 10.3 Å². The van der Waals surface area contributed by atoms with Crippen molar-refractivity contribution in [1.82, 2.24) is 4.98 Å². The van der Waals surface area contributed by atoms with Gasteiger partial charge in [0, 0.05) is 29.1 Å². The number of methoxy groups -OCH3 is 1. The summed E-state index contributed by atoms with van der Waals surface area (Å²) in [5.74, 6) is 1.57. The standard InChI is InChI=1S/C19H19FN2O2/c1-10(23)14-9-21-19(18-12-4-3-11(7-12)17(14)18)22-13-5-6-15(20)16(8-13)24-2/h5-6,8-9,11-12H,3-4,7H2,1-2H3,(H,21,22). The van der Waals surface area contributed by atoms with Crippen molar-refractivity contribution in [2.45, 2.75) is 38.0 Å². The summed E-state index contributed by atoms with van der Waals surface area (Å²) in [7, 11) is 1.44. The highest BCUT2D eigenvalue weighted by Crippen LogP contribution is 2.56. The molecule has 24 heavy (non-hydrogen) atoms. The molecule has 0 aliphatic heterocycles. The quantitative estimate of drug-likeness (QED) is 0.838. The second kappa shape index (κ2) is 5.58. The highest BCUT2D eigenvalue weighted by atomic mass is 19.1. The summed E-state index contributed by atoms with van der Waals surface area (Å²) in [6.07, 6.45) is 5.06. The Morgan fingerprint density at radius 1 is 1.29 bits per heavy atom. The fourth-order valence-electron chi connectivity index (χ4n) is 4.15. The van der Waals surface area contributed by atoms with Crippen LogP contribution in [0.4, 0.5) is 15.9 Å². The molecule has 0 amide bonds. The summed E-state index contributed by atoms with van der Waals surface area (Å²) < 4.78 is 18.6. The monoisotopic (exact) mass is 326 g/mol. The first-order chi connectivity index (χ1) is 11.6. The predicted octanol–water partition coefficient (Wildman–Crippen LogP) is 4.54. The lowest BCUT2D eigenvalue weighted by Gasteiger charge is -2.21. The summed E-state index contributed by atoms with van der Waals surface area (Å²) in [5.41, 5.74) is 3.81. The first-order valence-electron chi connectivity index (χ1n) is 8.22. The van der Waals surface area contributed by atoms with E-state index in [1.165, 1.54) is 24.3 Å². The van der Waals surface area contributed by atoms with Crippen LogP contribution >= 0.6 is 0 Å². The second-order valence-corrected chi connectivity index (χ2v) is 6.59. The van der Waals surface area contributed by atoms with Crippen LogP contribution in [0.5, 0.6) is 5.75 Å². The second-order valence-electron chi connectivity index (χ2n) is 6.59. The lowest BCUT2D eigenvalue weighted by Crippen LogP contribution is -2.10. The molecule has 1 heterocycles. The number of Topliss-reactive ketones (excluding diaryl/α,β-unsaturated/α-hetero) is 1. The maximum Gasteiger partial charge on any atom is 0.165 e. The number of hydrogen-bond donors (Lipinski definition) is 1. The van der Waals surface area contributed by atoms with Crippen LogP contribution < -0.4 is 10.1 Å². The van der Waals surface area contributed by atoms with E-state index in [4.69, 9.17) is 4.74 Å². The Labute approximate surface area is 140 Å². The first kappa shape index (κ1) is 15.1. The first-order valence-corrected chi connectivity index (χ1v) is 8.22. The number of ketones is 1. The van der Waals surface area contributed by atoms with Crippen molar-refractivity contribution in [3.8, 4) is 5.75 Å². The number of anilines is 2. The van der Waals surface area contributed by atoms with E-state index in [1.807, 2.05) is 0 Å². The fraction of sp³-hybridized carbons (Fsp3) is 0.368. The highest BCUT2D eigenvalue weighted by molar-refractivity contribution is 5.96. The predicted molar refractivity (Wildman–Crippen MR) is 89.8 cm³/mol. The van der Waals surface area contributed by atoms with E-state index in [1.54, 1.807) is 25.3 Å². The number of nitrogens with zero attached hydrogens (tertiary/aromatic N) is 1. The molecule has 0 radical (unpaired) electrons. The SMILES string of the molecule is COc1cc(Nc2ncc(C(C)=O)c3c2C2CCC3C2)ccc1F. The molecule has 0 spiro atoms. The largest absolute Gasteiger partial charge is 0.494 e. The van der Waals surface area contributed by atoms with Crippen molar-refractivity contribution in [3.63, 3.8) is 0 Å². The number of carbonyl (C=O) groups excluding carboxylic acids is 1. The van der Waals surface area contributed by atoms with Gasteiger partial charge in [-0.05, 0) is 55.7 Å². The lowest BCUT2D eigenvalue weighted by molar-refractivity contribution is 0.101. The number of hydrogen-bond acceptors (Lipinski definition) is 4. The van der Waals surface area contributed by atoms with E-state index in [9.17, 15) is 9.18 Å². The van der Waals surface area contributed by atoms with Crippen LogP contribution in [0.1, 0.15) is 59.5 Å². The van der Waals surface area contributed by atoms with E-state index in [0.717, 1.165) is 36.3 Å². The van der Waals surface area contributed by atoms with E-state index < -0.39 is 5.82 Å². The maximum atomic E-state index is 13.6. The molecule has 1 N–H and O–H groups in total. The maximum absolute atomic E-state index is 13.6. The summed E-state index contributed by atoms with van der Waals surface area (Å²) >= 11 is 0. The summed E-state index contributed by atoms with van der Waals surface area (Å²) in [6, 6.07) is 4.66.